The molecule has 0 aromatic carbocycles. The van der Waals surface area contributed by atoms with Gasteiger partial charge < -0.3 is 18.9 Å². The molecule has 150 valence electrons. The summed E-state index contributed by atoms with van der Waals surface area (Å²) in [7, 11) is 0. The molecule has 26 heavy (non-hydrogen) atoms. The lowest BCUT2D eigenvalue weighted by Gasteiger charge is -2.22. The van der Waals surface area contributed by atoms with Gasteiger partial charge in [-0.15, -0.1) is 0 Å². The maximum Gasteiger partial charge on any atom is 0.302 e. The fourth-order valence-electron chi connectivity index (χ4n) is 3.14. The Labute approximate surface area is 155 Å². The van der Waals surface area contributed by atoms with E-state index in [1.165, 1.54) is 20.8 Å². The Morgan fingerprint density at radius 1 is 0.923 bits per heavy atom. The first-order chi connectivity index (χ1) is 12.4. The van der Waals surface area contributed by atoms with Gasteiger partial charge in [-0.05, 0) is 51.4 Å². The maximum absolute atomic E-state index is 11.4. The fraction of sp³-hybridized carbons (Fsp3) is 0.842. The Bertz CT molecular complexity index is 443. The number of hydrogen-bond acceptors (Lipinski definition) is 7. The predicted molar refractivity (Wildman–Crippen MR) is 94.4 cm³/mol. The Balaban J connectivity index is 2.42. The van der Waals surface area contributed by atoms with Crippen LogP contribution in [-0.4, -0.2) is 49.4 Å². The summed E-state index contributed by atoms with van der Waals surface area (Å²) >= 11 is 0. The third-order valence-electron chi connectivity index (χ3n) is 4.29. The van der Waals surface area contributed by atoms with Crippen molar-refractivity contribution in [3.8, 4) is 0 Å². The Morgan fingerprint density at radius 3 is 2.04 bits per heavy atom. The monoisotopic (exact) mass is 372 g/mol. The minimum absolute atomic E-state index is 0.205. The molecule has 1 heterocycles. The molecule has 0 saturated carbocycles. The molecule has 0 aromatic rings. The van der Waals surface area contributed by atoms with Crippen molar-refractivity contribution in [3.63, 3.8) is 0 Å². The summed E-state index contributed by atoms with van der Waals surface area (Å²) in [5.41, 5.74) is 0. The summed E-state index contributed by atoms with van der Waals surface area (Å²) in [6, 6.07) is 0. The van der Waals surface area contributed by atoms with Gasteiger partial charge in [0.05, 0.1) is 12.7 Å². The van der Waals surface area contributed by atoms with E-state index in [2.05, 4.69) is 0 Å². The van der Waals surface area contributed by atoms with Gasteiger partial charge in [0.15, 0.2) is 0 Å². The van der Waals surface area contributed by atoms with Crippen LogP contribution in [0, 0.1) is 0 Å². The largest absolute Gasteiger partial charge is 0.466 e. The minimum atomic E-state index is -0.342. The second-order valence-corrected chi connectivity index (χ2v) is 6.73. The van der Waals surface area contributed by atoms with Crippen molar-refractivity contribution in [3.05, 3.63) is 0 Å². The van der Waals surface area contributed by atoms with Crippen LogP contribution in [0.15, 0.2) is 0 Å². The van der Waals surface area contributed by atoms with Crippen LogP contribution in [0.25, 0.3) is 0 Å². The highest BCUT2D eigenvalue weighted by atomic mass is 16.6. The zero-order valence-electron chi connectivity index (χ0n) is 16.2. The minimum Gasteiger partial charge on any atom is -0.466 e. The van der Waals surface area contributed by atoms with Gasteiger partial charge >= 0.3 is 17.9 Å². The van der Waals surface area contributed by atoms with Crippen LogP contribution in [0.2, 0.25) is 0 Å². The SMILES string of the molecule is CC(=O)OCCC[C@H](CC[C@@H](CC[C@@H]1CCCO1)OC(C)=O)OC(C)=O. The van der Waals surface area contributed by atoms with Crippen LogP contribution >= 0.6 is 0 Å². The van der Waals surface area contributed by atoms with Gasteiger partial charge in [0.1, 0.15) is 12.2 Å². The maximum atomic E-state index is 11.4. The zero-order valence-corrected chi connectivity index (χ0v) is 16.2. The molecular formula is C19H32O7. The average Bonchev–Trinajstić information content (AvgIpc) is 3.06. The third kappa shape index (κ3) is 11.1. The van der Waals surface area contributed by atoms with Crippen LogP contribution in [0.5, 0.6) is 0 Å². The van der Waals surface area contributed by atoms with Crippen molar-refractivity contribution < 1.29 is 33.3 Å². The highest BCUT2D eigenvalue weighted by Crippen LogP contribution is 2.22. The van der Waals surface area contributed by atoms with E-state index in [9.17, 15) is 14.4 Å². The van der Waals surface area contributed by atoms with E-state index in [0.29, 0.717) is 32.3 Å². The van der Waals surface area contributed by atoms with E-state index in [1.54, 1.807) is 0 Å². The second kappa shape index (κ2) is 12.7. The summed E-state index contributed by atoms with van der Waals surface area (Å²) in [6.45, 7) is 5.25. The highest BCUT2D eigenvalue weighted by Gasteiger charge is 2.21. The van der Waals surface area contributed by atoms with E-state index < -0.39 is 0 Å². The predicted octanol–water partition coefficient (Wildman–Crippen LogP) is 2.93. The van der Waals surface area contributed by atoms with Gasteiger partial charge in [-0.2, -0.15) is 0 Å². The smallest absolute Gasteiger partial charge is 0.302 e. The van der Waals surface area contributed by atoms with Gasteiger partial charge in [0.2, 0.25) is 0 Å². The number of rotatable bonds is 12. The lowest BCUT2D eigenvalue weighted by Crippen LogP contribution is -2.23. The van der Waals surface area contributed by atoms with E-state index in [0.717, 1.165) is 32.3 Å². The average molecular weight is 372 g/mol. The lowest BCUT2D eigenvalue weighted by atomic mass is 10.0. The molecule has 0 bridgehead atoms. The first kappa shape index (κ1) is 22.4. The zero-order chi connectivity index (χ0) is 19.4. The van der Waals surface area contributed by atoms with Gasteiger partial charge in [-0.1, -0.05) is 0 Å². The molecule has 0 amide bonds. The van der Waals surface area contributed by atoms with Crippen LogP contribution in [0.1, 0.15) is 72.1 Å². The second-order valence-electron chi connectivity index (χ2n) is 6.73. The molecule has 1 aliphatic heterocycles. The molecule has 0 aliphatic carbocycles. The fourth-order valence-corrected chi connectivity index (χ4v) is 3.14. The number of ether oxygens (including phenoxy) is 4. The molecule has 0 N–H and O–H groups in total. The molecule has 1 saturated heterocycles. The highest BCUT2D eigenvalue weighted by molar-refractivity contribution is 5.66. The standard InChI is InChI=1S/C19H32O7/c1-14(20)23-12-5-7-18(25-15(2)21)10-11-19(26-16(3)22)9-8-17-6-4-13-24-17/h17-19H,4-13H2,1-3H3/t17-,18+,19+/m0/s1. The Morgan fingerprint density at radius 2 is 1.54 bits per heavy atom. The molecule has 1 fully saturated rings. The summed E-state index contributed by atoms with van der Waals surface area (Å²) in [4.78, 5) is 33.5. The molecule has 0 radical (unpaired) electrons. The van der Waals surface area contributed by atoms with Crippen molar-refractivity contribution in [1.29, 1.82) is 0 Å². The molecule has 0 aromatic heterocycles. The summed E-state index contributed by atoms with van der Waals surface area (Å²) in [5, 5.41) is 0. The third-order valence-corrected chi connectivity index (χ3v) is 4.29. The van der Waals surface area contributed by atoms with Crippen molar-refractivity contribution >= 4 is 17.9 Å². The molecule has 7 nitrogen and oxygen atoms in total. The Kier molecular flexibility index (Phi) is 10.9. The molecular weight excluding hydrogens is 340 g/mol. The molecule has 1 rings (SSSR count). The van der Waals surface area contributed by atoms with Gasteiger partial charge in [0.25, 0.3) is 0 Å². The van der Waals surface area contributed by atoms with Crippen LogP contribution in [-0.2, 0) is 33.3 Å². The van der Waals surface area contributed by atoms with E-state index in [1.807, 2.05) is 0 Å². The summed E-state index contributed by atoms with van der Waals surface area (Å²) in [6.07, 6.45) is 5.96. The van der Waals surface area contributed by atoms with Crippen LogP contribution in [0.4, 0.5) is 0 Å². The number of carbonyl (C=O) groups is 3. The number of hydrogen-bond donors (Lipinski definition) is 0. The molecule has 7 heteroatoms. The Hall–Kier alpha value is -1.63. The summed E-state index contributed by atoms with van der Waals surface area (Å²) in [5.74, 6) is -0.967. The lowest BCUT2D eigenvalue weighted by molar-refractivity contribution is -0.151. The van der Waals surface area contributed by atoms with Crippen LogP contribution < -0.4 is 0 Å². The number of carbonyl (C=O) groups excluding carboxylic acids is 3. The van der Waals surface area contributed by atoms with E-state index >= 15 is 0 Å². The van der Waals surface area contributed by atoms with Crippen molar-refractivity contribution in [2.24, 2.45) is 0 Å². The van der Waals surface area contributed by atoms with Gasteiger partial charge in [0, 0.05) is 27.4 Å². The van der Waals surface area contributed by atoms with E-state index in [-0.39, 0.29) is 36.2 Å². The van der Waals surface area contributed by atoms with Crippen molar-refractivity contribution in [2.45, 2.75) is 90.4 Å². The normalized spacial score (nSPS) is 18.8. The summed E-state index contributed by atoms with van der Waals surface area (Å²) < 4.78 is 21.3. The molecule has 3 atom stereocenters. The van der Waals surface area contributed by atoms with Crippen LogP contribution in [0.3, 0.4) is 0 Å². The first-order valence-corrected chi connectivity index (χ1v) is 9.46. The molecule has 1 aliphatic rings. The molecule has 0 unspecified atom stereocenters. The van der Waals surface area contributed by atoms with Gasteiger partial charge in [-0.3, -0.25) is 14.4 Å². The van der Waals surface area contributed by atoms with Crippen molar-refractivity contribution in [1.82, 2.24) is 0 Å². The quantitative estimate of drug-likeness (QED) is 0.296. The van der Waals surface area contributed by atoms with Crippen molar-refractivity contribution in [2.75, 3.05) is 13.2 Å². The topological polar surface area (TPSA) is 88.1 Å². The number of esters is 3. The first-order valence-electron chi connectivity index (χ1n) is 9.46. The van der Waals surface area contributed by atoms with E-state index in [4.69, 9.17) is 18.9 Å². The molecule has 0 spiro atoms. The van der Waals surface area contributed by atoms with Gasteiger partial charge in [-0.25, -0.2) is 0 Å².